The summed E-state index contributed by atoms with van der Waals surface area (Å²) in [5.41, 5.74) is 1.12. The second kappa shape index (κ2) is 6.62. The van der Waals surface area contributed by atoms with Crippen LogP contribution in [-0.2, 0) is 4.79 Å². The second-order valence-electron chi connectivity index (χ2n) is 5.10. The van der Waals surface area contributed by atoms with Gasteiger partial charge in [0.1, 0.15) is 5.76 Å². The van der Waals surface area contributed by atoms with Gasteiger partial charge in [0, 0.05) is 19.3 Å². The summed E-state index contributed by atoms with van der Waals surface area (Å²) in [6, 6.07) is 11.7. The van der Waals surface area contributed by atoms with E-state index >= 15 is 0 Å². The first-order chi connectivity index (χ1) is 11.1. The molecule has 1 amide bonds. The molecule has 23 heavy (non-hydrogen) atoms. The fraction of sp³-hybridized carbons (Fsp3) is 0.188. The summed E-state index contributed by atoms with van der Waals surface area (Å²) < 4.78 is 4.92. The topological polar surface area (TPSA) is 71.3 Å². The van der Waals surface area contributed by atoms with E-state index in [4.69, 9.17) is 4.52 Å². The van der Waals surface area contributed by atoms with Crippen molar-refractivity contribution in [2.24, 2.45) is 0 Å². The van der Waals surface area contributed by atoms with Gasteiger partial charge in [0.2, 0.25) is 5.91 Å². The number of hydrogen-bond acceptors (Lipinski definition) is 6. The van der Waals surface area contributed by atoms with Gasteiger partial charge in [-0.3, -0.25) is 4.79 Å². The molecule has 0 unspecified atom stereocenters. The van der Waals surface area contributed by atoms with Crippen LogP contribution in [0.3, 0.4) is 0 Å². The summed E-state index contributed by atoms with van der Waals surface area (Å²) >= 11 is 1.55. The van der Waals surface area contributed by atoms with Crippen LogP contribution in [0.1, 0.15) is 5.76 Å². The number of amides is 1. The third kappa shape index (κ3) is 3.75. The monoisotopic (exact) mass is 328 g/mol. The molecule has 118 valence electrons. The predicted octanol–water partition coefficient (Wildman–Crippen LogP) is 3.18. The van der Waals surface area contributed by atoms with Gasteiger partial charge in [-0.2, -0.15) is 0 Å². The number of anilines is 2. The molecule has 0 saturated carbocycles. The van der Waals surface area contributed by atoms with Crippen LogP contribution in [0.25, 0.3) is 10.4 Å². The van der Waals surface area contributed by atoms with Crippen molar-refractivity contribution in [3.05, 3.63) is 48.4 Å². The maximum Gasteiger partial charge on any atom is 0.245 e. The molecule has 0 aliphatic rings. The highest BCUT2D eigenvalue weighted by Crippen LogP contribution is 2.30. The first kappa shape index (κ1) is 15.2. The lowest BCUT2D eigenvalue weighted by molar-refractivity contribution is -0.115. The van der Waals surface area contributed by atoms with Crippen molar-refractivity contribution in [1.29, 1.82) is 0 Å². The standard InChI is InChI=1S/C16H16N4O2S/c1-11-8-14(19-22-11)18-15(21)10-20(2)16-17-9-13(23-16)12-6-4-3-5-7-12/h3-9H,10H2,1-2H3,(H,18,19,21). The van der Waals surface area contributed by atoms with Crippen LogP contribution < -0.4 is 10.2 Å². The molecule has 2 aromatic heterocycles. The van der Waals surface area contributed by atoms with Gasteiger partial charge in [-0.25, -0.2) is 4.98 Å². The largest absolute Gasteiger partial charge is 0.360 e. The Kier molecular flexibility index (Phi) is 4.38. The fourth-order valence-corrected chi connectivity index (χ4v) is 2.95. The maximum absolute atomic E-state index is 12.0. The van der Waals surface area contributed by atoms with Crippen molar-refractivity contribution in [3.63, 3.8) is 0 Å². The van der Waals surface area contributed by atoms with E-state index in [2.05, 4.69) is 15.5 Å². The molecule has 0 fully saturated rings. The van der Waals surface area contributed by atoms with Crippen LogP contribution in [0.15, 0.2) is 47.1 Å². The average molecular weight is 328 g/mol. The van der Waals surface area contributed by atoms with Gasteiger partial charge in [-0.15, -0.1) is 0 Å². The van der Waals surface area contributed by atoms with Crippen molar-refractivity contribution in [1.82, 2.24) is 10.1 Å². The summed E-state index contributed by atoms with van der Waals surface area (Å²) in [6.45, 7) is 1.96. The Hall–Kier alpha value is -2.67. The number of carbonyl (C=O) groups excluding carboxylic acids is 1. The van der Waals surface area contributed by atoms with Crippen molar-refractivity contribution >= 4 is 28.2 Å². The lowest BCUT2D eigenvalue weighted by Gasteiger charge is -2.14. The van der Waals surface area contributed by atoms with E-state index in [1.807, 2.05) is 43.6 Å². The van der Waals surface area contributed by atoms with Crippen molar-refractivity contribution < 1.29 is 9.32 Å². The summed E-state index contributed by atoms with van der Waals surface area (Å²) in [4.78, 5) is 19.3. The number of benzene rings is 1. The van der Waals surface area contributed by atoms with E-state index < -0.39 is 0 Å². The van der Waals surface area contributed by atoms with E-state index in [1.54, 1.807) is 29.2 Å². The van der Waals surface area contributed by atoms with Crippen molar-refractivity contribution in [3.8, 4) is 10.4 Å². The van der Waals surface area contributed by atoms with E-state index in [0.29, 0.717) is 11.6 Å². The van der Waals surface area contributed by atoms with E-state index in [0.717, 1.165) is 15.6 Å². The Morgan fingerprint density at radius 1 is 1.35 bits per heavy atom. The molecule has 1 N–H and O–H groups in total. The minimum absolute atomic E-state index is 0.169. The zero-order valence-electron chi connectivity index (χ0n) is 12.8. The third-order valence-corrected chi connectivity index (χ3v) is 4.32. The molecular weight excluding hydrogens is 312 g/mol. The maximum atomic E-state index is 12.0. The van der Waals surface area contributed by atoms with Crippen molar-refractivity contribution in [2.75, 3.05) is 23.8 Å². The molecule has 0 bridgehead atoms. The molecular formula is C16H16N4O2S. The Bertz CT molecular complexity index is 797. The van der Waals surface area contributed by atoms with E-state index in [1.165, 1.54) is 0 Å². The highest BCUT2D eigenvalue weighted by Gasteiger charge is 2.13. The number of aryl methyl sites for hydroxylation is 1. The van der Waals surface area contributed by atoms with E-state index in [9.17, 15) is 4.79 Å². The SMILES string of the molecule is Cc1cc(NC(=O)CN(C)c2ncc(-c3ccccc3)s2)no1. The Morgan fingerprint density at radius 3 is 2.83 bits per heavy atom. The van der Waals surface area contributed by atoms with Gasteiger partial charge in [-0.1, -0.05) is 46.8 Å². The lowest BCUT2D eigenvalue weighted by atomic mass is 10.2. The summed E-state index contributed by atoms with van der Waals surface area (Å²) in [7, 11) is 1.83. The molecule has 1 aromatic carbocycles. The quantitative estimate of drug-likeness (QED) is 0.779. The zero-order chi connectivity index (χ0) is 16.2. The highest BCUT2D eigenvalue weighted by atomic mass is 32.1. The highest BCUT2D eigenvalue weighted by molar-refractivity contribution is 7.18. The molecule has 0 aliphatic heterocycles. The number of nitrogens with zero attached hydrogens (tertiary/aromatic N) is 3. The third-order valence-electron chi connectivity index (χ3n) is 3.15. The minimum Gasteiger partial charge on any atom is -0.360 e. The average Bonchev–Trinajstić information content (AvgIpc) is 3.17. The summed E-state index contributed by atoms with van der Waals surface area (Å²) in [5, 5.41) is 7.22. The van der Waals surface area contributed by atoms with Crippen molar-refractivity contribution in [2.45, 2.75) is 6.92 Å². The minimum atomic E-state index is -0.169. The number of thiazole rings is 1. The van der Waals surface area contributed by atoms with Gasteiger partial charge in [0.15, 0.2) is 10.9 Å². The van der Waals surface area contributed by atoms with Gasteiger partial charge < -0.3 is 14.7 Å². The molecule has 7 heteroatoms. The van der Waals surface area contributed by atoms with Gasteiger partial charge in [0.25, 0.3) is 0 Å². The Labute approximate surface area is 137 Å². The number of rotatable bonds is 5. The molecule has 3 rings (SSSR count). The smallest absolute Gasteiger partial charge is 0.245 e. The van der Waals surface area contributed by atoms with Crippen LogP contribution in [0.4, 0.5) is 10.9 Å². The van der Waals surface area contributed by atoms with Crippen LogP contribution >= 0.6 is 11.3 Å². The molecule has 6 nitrogen and oxygen atoms in total. The van der Waals surface area contributed by atoms with Crippen LogP contribution in [0.5, 0.6) is 0 Å². The van der Waals surface area contributed by atoms with E-state index in [-0.39, 0.29) is 12.5 Å². The predicted molar refractivity (Wildman–Crippen MR) is 90.7 cm³/mol. The lowest BCUT2D eigenvalue weighted by Crippen LogP contribution is -2.30. The molecule has 0 aliphatic carbocycles. The number of aromatic nitrogens is 2. The summed E-state index contributed by atoms with van der Waals surface area (Å²) in [5.74, 6) is 0.906. The number of hydrogen-bond donors (Lipinski definition) is 1. The molecule has 0 spiro atoms. The van der Waals surface area contributed by atoms with Gasteiger partial charge >= 0.3 is 0 Å². The number of carbonyl (C=O) groups is 1. The Balaban J connectivity index is 1.63. The molecule has 2 heterocycles. The molecule has 0 saturated heterocycles. The molecule has 0 radical (unpaired) electrons. The van der Waals surface area contributed by atoms with Crippen LogP contribution in [0, 0.1) is 6.92 Å². The second-order valence-corrected chi connectivity index (χ2v) is 6.11. The Morgan fingerprint density at radius 2 is 2.13 bits per heavy atom. The van der Waals surface area contributed by atoms with Crippen LogP contribution in [-0.4, -0.2) is 29.6 Å². The molecule has 3 aromatic rings. The first-order valence-electron chi connectivity index (χ1n) is 7.07. The number of likely N-dealkylation sites (N-methyl/N-ethyl adjacent to an activating group) is 1. The number of nitrogens with one attached hydrogen (secondary N) is 1. The normalized spacial score (nSPS) is 10.5. The molecule has 0 atom stereocenters. The van der Waals surface area contributed by atoms with Crippen LogP contribution in [0.2, 0.25) is 0 Å². The zero-order valence-corrected chi connectivity index (χ0v) is 13.6. The van der Waals surface area contributed by atoms with Gasteiger partial charge in [0.05, 0.1) is 11.4 Å². The fourth-order valence-electron chi connectivity index (χ4n) is 2.07. The first-order valence-corrected chi connectivity index (χ1v) is 7.89. The summed E-state index contributed by atoms with van der Waals surface area (Å²) in [6.07, 6.45) is 1.82. The van der Waals surface area contributed by atoms with Gasteiger partial charge in [-0.05, 0) is 12.5 Å².